The van der Waals surface area contributed by atoms with Crippen LogP contribution in [0.15, 0.2) is 23.2 Å². The third kappa shape index (κ3) is 5.51. The van der Waals surface area contributed by atoms with Crippen LogP contribution < -0.4 is 10.5 Å². The van der Waals surface area contributed by atoms with Gasteiger partial charge in [-0.05, 0) is 64.2 Å². The molecule has 200 valence electrons. The predicted molar refractivity (Wildman–Crippen MR) is 123 cm³/mol. The van der Waals surface area contributed by atoms with E-state index in [0.717, 1.165) is 12.1 Å². The maximum absolute atomic E-state index is 14.8. The van der Waals surface area contributed by atoms with Crippen LogP contribution >= 0.6 is 0 Å². The minimum Gasteiger partial charge on any atom is -0.453 e. The van der Waals surface area contributed by atoms with Crippen LogP contribution in [0, 0.1) is 19.7 Å². The smallest absolute Gasteiger partial charge is 0.453 e. The van der Waals surface area contributed by atoms with E-state index in [-0.39, 0.29) is 37.4 Å². The Balaban J connectivity index is 1.56. The summed E-state index contributed by atoms with van der Waals surface area (Å²) in [6, 6.07) is 1.53. The molecule has 1 aliphatic carbocycles. The highest BCUT2D eigenvalue weighted by molar-refractivity contribution is 7.89. The van der Waals surface area contributed by atoms with Gasteiger partial charge < -0.3 is 10.5 Å². The lowest BCUT2D eigenvalue weighted by molar-refractivity contribution is -0.215. The van der Waals surface area contributed by atoms with Gasteiger partial charge in [-0.25, -0.2) is 27.3 Å². The molecule has 0 bridgehead atoms. The average Bonchev–Trinajstić information content (AvgIpc) is 3.18. The van der Waals surface area contributed by atoms with E-state index < -0.39 is 44.5 Å². The van der Waals surface area contributed by atoms with Crippen molar-refractivity contribution in [3.05, 3.63) is 35.5 Å². The molecule has 1 saturated carbocycles. The van der Waals surface area contributed by atoms with E-state index in [4.69, 9.17) is 5.73 Å². The molecule has 1 aromatic carbocycles. The lowest BCUT2D eigenvalue weighted by Gasteiger charge is -2.37. The maximum atomic E-state index is 14.8. The van der Waals surface area contributed by atoms with Crippen molar-refractivity contribution in [2.24, 2.45) is 0 Å². The molecule has 0 spiro atoms. The Morgan fingerprint density at radius 1 is 1.19 bits per heavy atom. The average molecular weight is 545 g/mol. The number of hydrogen-bond donors (Lipinski definition) is 2. The van der Waals surface area contributed by atoms with E-state index in [1.54, 1.807) is 13.8 Å². The zero-order valence-electron chi connectivity index (χ0n) is 20.1. The van der Waals surface area contributed by atoms with Gasteiger partial charge in [0.05, 0.1) is 5.69 Å². The number of aryl methyl sites for hydroxylation is 2. The molecule has 3 aromatic rings. The number of carbonyl (C=O) groups excluding carboxylic acids is 1. The molecule has 0 amide bonds. The number of sulfonamides is 1. The minimum absolute atomic E-state index is 0.00718. The van der Waals surface area contributed by atoms with E-state index in [2.05, 4.69) is 24.4 Å². The number of aromatic nitrogens is 4. The van der Waals surface area contributed by atoms with Gasteiger partial charge in [-0.2, -0.15) is 23.1 Å². The van der Waals surface area contributed by atoms with Gasteiger partial charge in [0, 0.05) is 17.8 Å². The van der Waals surface area contributed by atoms with Crippen molar-refractivity contribution in [3.63, 3.8) is 0 Å². The standard InChI is InChI=1S/C22H24F4N6O4S/c1-11-8-15(23)17(9-14(11)16-10-32-19(27)28-12(2)29-20(32)30-16)37(34,35)31-13-4-6-21(3,7-5-13)36-18(33)22(24,25)26/h8-10,13,31H,4-7H2,1-3H3,(H2,27,28,29,30)/t13-,21-. The summed E-state index contributed by atoms with van der Waals surface area (Å²) in [6.45, 7) is 4.59. The minimum atomic E-state index is -5.12. The van der Waals surface area contributed by atoms with E-state index in [1.165, 1.54) is 17.5 Å². The number of hydrogen-bond acceptors (Lipinski definition) is 8. The third-order valence-corrected chi connectivity index (χ3v) is 7.79. The van der Waals surface area contributed by atoms with E-state index in [9.17, 15) is 30.8 Å². The second-order valence-electron chi connectivity index (χ2n) is 9.26. The zero-order valence-corrected chi connectivity index (χ0v) is 20.9. The number of esters is 1. The van der Waals surface area contributed by atoms with Crippen molar-refractivity contribution >= 4 is 27.7 Å². The topological polar surface area (TPSA) is 142 Å². The van der Waals surface area contributed by atoms with Crippen molar-refractivity contribution in [3.8, 4) is 11.3 Å². The number of nitrogen functional groups attached to an aromatic ring is 1. The highest BCUT2D eigenvalue weighted by atomic mass is 32.2. The summed E-state index contributed by atoms with van der Waals surface area (Å²) in [5.74, 6) is -2.52. The molecule has 15 heteroatoms. The Hall–Kier alpha value is -3.33. The molecular formula is C22H24F4N6O4S. The Morgan fingerprint density at radius 2 is 1.84 bits per heavy atom. The van der Waals surface area contributed by atoms with Crippen molar-refractivity contribution in [1.29, 1.82) is 0 Å². The normalized spacial score (nSPS) is 20.8. The first-order chi connectivity index (χ1) is 17.1. The van der Waals surface area contributed by atoms with Crippen molar-refractivity contribution in [2.45, 2.75) is 69.2 Å². The van der Waals surface area contributed by atoms with Gasteiger partial charge >= 0.3 is 12.1 Å². The summed E-state index contributed by atoms with van der Waals surface area (Å²) in [6.07, 6.45) is -3.45. The summed E-state index contributed by atoms with van der Waals surface area (Å²) in [7, 11) is -4.37. The Bertz CT molecular complexity index is 1480. The number of alkyl halides is 3. The molecule has 0 saturated heterocycles. The molecule has 1 fully saturated rings. The van der Waals surface area contributed by atoms with Crippen LogP contribution in [0.25, 0.3) is 17.0 Å². The Kier molecular flexibility index (Phi) is 6.65. The Morgan fingerprint density at radius 3 is 2.46 bits per heavy atom. The van der Waals surface area contributed by atoms with Crippen molar-refractivity contribution < 1.29 is 35.5 Å². The summed E-state index contributed by atoms with van der Waals surface area (Å²) in [4.78, 5) is 23.2. The zero-order chi connectivity index (χ0) is 27.3. The number of imidazole rings is 1. The van der Waals surface area contributed by atoms with Crippen LogP contribution in [-0.2, 0) is 19.6 Å². The fourth-order valence-corrected chi connectivity index (χ4v) is 5.67. The van der Waals surface area contributed by atoms with E-state index in [0.29, 0.717) is 22.6 Å². The first-order valence-electron chi connectivity index (χ1n) is 11.2. The molecule has 0 radical (unpaired) electrons. The van der Waals surface area contributed by atoms with Gasteiger partial charge in [0.1, 0.15) is 22.1 Å². The van der Waals surface area contributed by atoms with E-state index in [1.807, 2.05) is 0 Å². The van der Waals surface area contributed by atoms with Crippen LogP contribution in [0.2, 0.25) is 0 Å². The molecule has 2 aromatic heterocycles. The number of nitrogens with one attached hydrogen (secondary N) is 1. The number of rotatable bonds is 5. The summed E-state index contributed by atoms with van der Waals surface area (Å²) in [5.41, 5.74) is 5.58. The lowest BCUT2D eigenvalue weighted by Crippen LogP contribution is -2.45. The monoisotopic (exact) mass is 544 g/mol. The predicted octanol–water partition coefficient (Wildman–Crippen LogP) is 3.21. The van der Waals surface area contributed by atoms with Gasteiger partial charge in [0.2, 0.25) is 21.7 Å². The second kappa shape index (κ2) is 9.20. The first-order valence-corrected chi connectivity index (χ1v) is 12.7. The SMILES string of the molecule is Cc1nc(N)n2cc(-c3cc(S(=O)(=O)N[C@H]4CC[C@](C)(OC(=O)C(F)(F)F)CC4)c(F)cc3C)nc2n1. The highest BCUT2D eigenvalue weighted by Gasteiger charge is 2.46. The molecule has 2 heterocycles. The van der Waals surface area contributed by atoms with Crippen LogP contribution in [0.5, 0.6) is 0 Å². The molecule has 0 atom stereocenters. The molecule has 3 N–H and O–H groups in total. The summed E-state index contributed by atoms with van der Waals surface area (Å²) < 4.78 is 87.2. The van der Waals surface area contributed by atoms with Crippen LogP contribution in [0.1, 0.15) is 44.0 Å². The van der Waals surface area contributed by atoms with Gasteiger partial charge in [0.25, 0.3) is 0 Å². The number of anilines is 1. The molecule has 0 unspecified atom stereocenters. The quantitative estimate of drug-likeness (QED) is 0.368. The number of fused-ring (bicyclic) bond motifs is 1. The molecule has 4 rings (SSSR count). The fraction of sp³-hybridized carbons (Fsp3) is 0.455. The van der Waals surface area contributed by atoms with Crippen LogP contribution in [-0.4, -0.2) is 51.6 Å². The maximum Gasteiger partial charge on any atom is 0.490 e. The number of nitrogens with zero attached hydrogens (tertiary/aromatic N) is 4. The number of carbonyl (C=O) groups is 1. The second-order valence-corrected chi connectivity index (χ2v) is 10.9. The molecule has 10 nitrogen and oxygen atoms in total. The van der Waals surface area contributed by atoms with Crippen molar-refractivity contribution in [2.75, 3.05) is 5.73 Å². The van der Waals surface area contributed by atoms with Gasteiger partial charge in [-0.1, -0.05) is 0 Å². The van der Waals surface area contributed by atoms with Crippen LogP contribution in [0.4, 0.5) is 23.5 Å². The number of benzene rings is 1. The Labute approximate surface area is 209 Å². The number of ether oxygens (including phenoxy) is 1. The molecular weight excluding hydrogens is 520 g/mol. The number of nitrogens with two attached hydrogens (primary N) is 1. The highest BCUT2D eigenvalue weighted by Crippen LogP contribution is 2.35. The van der Waals surface area contributed by atoms with E-state index >= 15 is 0 Å². The van der Waals surface area contributed by atoms with Gasteiger partial charge in [-0.3, -0.25) is 4.40 Å². The lowest BCUT2D eigenvalue weighted by atomic mass is 9.84. The molecule has 0 aliphatic heterocycles. The molecule has 1 aliphatic rings. The largest absolute Gasteiger partial charge is 0.490 e. The number of halogens is 4. The van der Waals surface area contributed by atoms with Gasteiger partial charge in [-0.15, -0.1) is 0 Å². The van der Waals surface area contributed by atoms with Crippen molar-refractivity contribution in [1.82, 2.24) is 24.1 Å². The van der Waals surface area contributed by atoms with Crippen LogP contribution in [0.3, 0.4) is 0 Å². The molecule has 37 heavy (non-hydrogen) atoms. The first kappa shape index (κ1) is 26.7. The summed E-state index contributed by atoms with van der Waals surface area (Å²) in [5, 5.41) is 0. The summed E-state index contributed by atoms with van der Waals surface area (Å²) >= 11 is 0. The third-order valence-electron chi connectivity index (χ3n) is 6.25. The fourth-order valence-electron chi connectivity index (χ4n) is 4.28. The van der Waals surface area contributed by atoms with Gasteiger partial charge in [0.15, 0.2) is 0 Å².